The molecule has 0 bridgehead atoms. The number of nitrogens with two attached hydrogens (primary N) is 1. The van der Waals surface area contributed by atoms with Gasteiger partial charge >= 0.3 is 0 Å². The summed E-state index contributed by atoms with van der Waals surface area (Å²) < 4.78 is 0. The van der Waals surface area contributed by atoms with Crippen molar-refractivity contribution >= 4 is 17.9 Å². The Kier molecular flexibility index (Phi) is 3.35. The second kappa shape index (κ2) is 4.32. The maximum atomic E-state index is 7.62. The van der Waals surface area contributed by atoms with Crippen molar-refractivity contribution in [3.8, 4) is 0 Å². The molecular weight excluding hydrogens is 178 g/mol. The first kappa shape index (κ1) is 10.8. The molecule has 0 aromatic heterocycles. The van der Waals surface area contributed by atoms with Crippen molar-refractivity contribution < 1.29 is 0 Å². The Balaban J connectivity index is 2.79. The lowest BCUT2D eigenvalue weighted by molar-refractivity contribution is 0.449. The number of rotatable bonds is 3. The molecule has 0 saturated carbocycles. The van der Waals surface area contributed by atoms with Crippen LogP contribution in [0.2, 0.25) is 0 Å². The van der Waals surface area contributed by atoms with E-state index in [1.165, 1.54) is 6.34 Å². The lowest BCUT2D eigenvalue weighted by Gasteiger charge is -2.27. The van der Waals surface area contributed by atoms with E-state index >= 15 is 0 Å². The third kappa shape index (κ3) is 2.38. The molecule has 78 valence electrons. The molecular formula is C9H17N5. The third-order valence-corrected chi connectivity index (χ3v) is 2.04. The Morgan fingerprint density at radius 1 is 1.64 bits per heavy atom. The van der Waals surface area contributed by atoms with Crippen LogP contribution in [0, 0.1) is 11.3 Å². The van der Waals surface area contributed by atoms with Gasteiger partial charge in [0.05, 0.1) is 5.92 Å². The highest BCUT2D eigenvalue weighted by atomic mass is 15.1. The molecule has 0 amide bonds. The quantitative estimate of drug-likeness (QED) is 0.568. The van der Waals surface area contributed by atoms with Gasteiger partial charge in [0.1, 0.15) is 18.3 Å². The second-order valence-corrected chi connectivity index (χ2v) is 3.75. The van der Waals surface area contributed by atoms with E-state index in [0.29, 0.717) is 17.6 Å². The third-order valence-electron chi connectivity index (χ3n) is 2.04. The van der Waals surface area contributed by atoms with E-state index in [2.05, 4.69) is 15.3 Å². The number of aliphatic imine (C=N–C) groups is 2. The minimum absolute atomic E-state index is 0.148. The van der Waals surface area contributed by atoms with Crippen LogP contribution in [0.1, 0.15) is 20.8 Å². The standard InChI is InChI=1S/C9H17N5/c1-5(2)14-9-7(6(3)10)8(11)12-4-13-9/h4-5,7,9-10,14H,1-3H3,(H2,11,12,13). The monoisotopic (exact) mass is 195 g/mol. The Bertz CT molecular complexity index is 279. The van der Waals surface area contributed by atoms with Crippen LogP contribution >= 0.6 is 0 Å². The molecule has 5 nitrogen and oxygen atoms in total. The smallest absolute Gasteiger partial charge is 0.117 e. The van der Waals surface area contributed by atoms with Crippen molar-refractivity contribution in [3.05, 3.63) is 0 Å². The summed E-state index contributed by atoms with van der Waals surface area (Å²) in [4.78, 5) is 8.09. The summed E-state index contributed by atoms with van der Waals surface area (Å²) >= 11 is 0. The lowest BCUT2D eigenvalue weighted by atomic mass is 9.98. The molecule has 0 saturated heterocycles. The topological polar surface area (TPSA) is 86.6 Å². The summed E-state index contributed by atoms with van der Waals surface area (Å²) in [6, 6.07) is 0.310. The van der Waals surface area contributed by atoms with E-state index in [9.17, 15) is 0 Å². The van der Waals surface area contributed by atoms with Crippen molar-refractivity contribution in [2.45, 2.75) is 33.0 Å². The molecule has 1 rings (SSSR count). The molecule has 1 aliphatic rings. The van der Waals surface area contributed by atoms with Crippen LogP contribution < -0.4 is 11.1 Å². The molecule has 0 aromatic rings. The van der Waals surface area contributed by atoms with Gasteiger partial charge in [-0.05, 0) is 20.8 Å². The Morgan fingerprint density at radius 3 is 2.79 bits per heavy atom. The summed E-state index contributed by atoms with van der Waals surface area (Å²) in [6.07, 6.45) is 1.31. The van der Waals surface area contributed by atoms with Gasteiger partial charge in [0.15, 0.2) is 0 Å². The zero-order valence-corrected chi connectivity index (χ0v) is 8.78. The van der Waals surface area contributed by atoms with Crippen LogP contribution in [0.15, 0.2) is 9.98 Å². The first-order chi connectivity index (χ1) is 6.52. The largest absolute Gasteiger partial charge is 0.386 e. The van der Waals surface area contributed by atoms with Crippen molar-refractivity contribution in [1.82, 2.24) is 5.32 Å². The minimum Gasteiger partial charge on any atom is -0.386 e. The van der Waals surface area contributed by atoms with Gasteiger partial charge in [-0.3, -0.25) is 10.3 Å². The second-order valence-electron chi connectivity index (χ2n) is 3.75. The van der Waals surface area contributed by atoms with Crippen LogP contribution in [-0.4, -0.2) is 30.1 Å². The normalized spacial score (nSPS) is 26.4. The average Bonchev–Trinajstić information content (AvgIpc) is 2.01. The zero-order valence-electron chi connectivity index (χ0n) is 8.78. The number of hydrogen-bond donors (Lipinski definition) is 3. The zero-order chi connectivity index (χ0) is 10.7. The predicted octanol–water partition coefficient (Wildman–Crippen LogP) is 0.365. The highest BCUT2D eigenvalue weighted by molar-refractivity contribution is 6.07. The van der Waals surface area contributed by atoms with E-state index < -0.39 is 0 Å². The maximum absolute atomic E-state index is 7.62. The molecule has 0 aromatic carbocycles. The van der Waals surface area contributed by atoms with E-state index in [1.54, 1.807) is 6.92 Å². The number of hydrogen-bond acceptors (Lipinski definition) is 5. The fraction of sp³-hybridized carbons (Fsp3) is 0.667. The molecule has 2 unspecified atom stereocenters. The summed E-state index contributed by atoms with van der Waals surface area (Å²) in [7, 11) is 0. The molecule has 0 spiro atoms. The van der Waals surface area contributed by atoms with Gasteiger partial charge in [-0.25, -0.2) is 4.99 Å². The lowest BCUT2D eigenvalue weighted by Crippen LogP contribution is -2.48. The molecule has 5 heteroatoms. The Morgan fingerprint density at radius 2 is 2.29 bits per heavy atom. The van der Waals surface area contributed by atoms with Gasteiger partial charge in [-0.1, -0.05) is 0 Å². The van der Waals surface area contributed by atoms with Crippen LogP contribution in [0.4, 0.5) is 0 Å². The molecule has 0 aliphatic carbocycles. The Labute approximate surface area is 84.0 Å². The summed E-state index contributed by atoms with van der Waals surface area (Å²) in [5, 5.41) is 10.9. The van der Waals surface area contributed by atoms with Gasteiger partial charge in [-0.2, -0.15) is 0 Å². The number of nitrogens with zero attached hydrogens (tertiary/aromatic N) is 2. The summed E-state index contributed by atoms with van der Waals surface area (Å²) in [5.74, 6) is 0.257. The first-order valence-electron chi connectivity index (χ1n) is 4.68. The minimum atomic E-state index is -0.206. The molecule has 4 N–H and O–H groups in total. The van der Waals surface area contributed by atoms with Crippen LogP contribution in [0.3, 0.4) is 0 Å². The van der Waals surface area contributed by atoms with Crippen LogP contribution in [-0.2, 0) is 0 Å². The summed E-state index contributed by atoms with van der Waals surface area (Å²) in [5.41, 5.74) is 6.21. The van der Waals surface area contributed by atoms with E-state index in [0.717, 1.165) is 0 Å². The molecule has 14 heavy (non-hydrogen) atoms. The van der Waals surface area contributed by atoms with Gasteiger partial charge in [-0.15, -0.1) is 0 Å². The fourth-order valence-corrected chi connectivity index (χ4v) is 1.44. The Hall–Kier alpha value is -1.23. The van der Waals surface area contributed by atoms with Gasteiger partial charge in [0.25, 0.3) is 0 Å². The van der Waals surface area contributed by atoms with E-state index in [1.807, 2.05) is 13.8 Å². The average molecular weight is 195 g/mol. The van der Waals surface area contributed by atoms with Crippen molar-refractivity contribution in [1.29, 1.82) is 5.41 Å². The molecule has 2 atom stereocenters. The highest BCUT2D eigenvalue weighted by Crippen LogP contribution is 2.11. The predicted molar refractivity (Wildman–Crippen MR) is 59.1 cm³/mol. The maximum Gasteiger partial charge on any atom is 0.117 e. The summed E-state index contributed by atoms with van der Waals surface area (Å²) in [6.45, 7) is 5.80. The van der Waals surface area contributed by atoms with Gasteiger partial charge < -0.3 is 11.1 Å². The van der Waals surface area contributed by atoms with Crippen molar-refractivity contribution in [3.63, 3.8) is 0 Å². The molecule has 1 aliphatic heterocycles. The molecule has 0 fully saturated rings. The molecule has 0 radical (unpaired) electrons. The SMILES string of the molecule is CC(=N)C1C(N)=NC=NC1NC(C)C. The number of amidine groups is 1. The first-order valence-corrected chi connectivity index (χ1v) is 4.68. The van der Waals surface area contributed by atoms with Crippen LogP contribution in [0.5, 0.6) is 0 Å². The van der Waals surface area contributed by atoms with Gasteiger partial charge in [0.2, 0.25) is 0 Å². The van der Waals surface area contributed by atoms with E-state index in [-0.39, 0.29) is 12.1 Å². The van der Waals surface area contributed by atoms with E-state index in [4.69, 9.17) is 11.1 Å². The number of nitrogens with one attached hydrogen (secondary N) is 2. The molecule has 1 heterocycles. The van der Waals surface area contributed by atoms with Crippen molar-refractivity contribution in [2.24, 2.45) is 21.6 Å². The van der Waals surface area contributed by atoms with Crippen LogP contribution in [0.25, 0.3) is 0 Å². The van der Waals surface area contributed by atoms with Gasteiger partial charge in [0, 0.05) is 11.8 Å². The highest BCUT2D eigenvalue weighted by Gasteiger charge is 2.28. The van der Waals surface area contributed by atoms with Crippen molar-refractivity contribution in [2.75, 3.05) is 0 Å². The fourth-order valence-electron chi connectivity index (χ4n) is 1.44.